The second-order valence-electron chi connectivity index (χ2n) is 5.23. The maximum absolute atomic E-state index is 13.4. The Bertz CT molecular complexity index is 773. The third kappa shape index (κ3) is 4.09. The monoisotopic (exact) mass is 337 g/mol. The van der Waals surface area contributed by atoms with Gasteiger partial charge in [-0.2, -0.15) is 0 Å². The van der Waals surface area contributed by atoms with Gasteiger partial charge in [0.25, 0.3) is 0 Å². The van der Waals surface area contributed by atoms with Crippen molar-refractivity contribution in [3.63, 3.8) is 0 Å². The molecule has 0 saturated carbocycles. The zero-order valence-corrected chi connectivity index (χ0v) is 14.2. The Hall–Kier alpha value is -1.92. The van der Waals surface area contributed by atoms with Crippen LogP contribution in [0.15, 0.2) is 47.4 Å². The number of ether oxygens (including phenoxy) is 1. The molecule has 2 rings (SSSR count). The molecule has 6 heteroatoms. The van der Waals surface area contributed by atoms with E-state index in [4.69, 9.17) is 4.74 Å². The molecule has 2 aromatic carbocycles. The van der Waals surface area contributed by atoms with Gasteiger partial charge >= 0.3 is 0 Å². The van der Waals surface area contributed by atoms with Gasteiger partial charge in [0.1, 0.15) is 16.5 Å². The molecule has 124 valence electrons. The van der Waals surface area contributed by atoms with Crippen molar-refractivity contribution in [2.45, 2.75) is 31.2 Å². The summed E-state index contributed by atoms with van der Waals surface area (Å²) in [5.74, 6) is -0.529. The number of benzene rings is 2. The van der Waals surface area contributed by atoms with E-state index in [1.807, 2.05) is 24.3 Å². The van der Waals surface area contributed by atoms with Crippen LogP contribution in [0.4, 0.5) is 4.39 Å². The van der Waals surface area contributed by atoms with Gasteiger partial charge in [-0.05, 0) is 42.7 Å². The van der Waals surface area contributed by atoms with Crippen molar-refractivity contribution in [3.8, 4) is 5.75 Å². The van der Waals surface area contributed by atoms with Crippen LogP contribution in [0.2, 0.25) is 0 Å². The van der Waals surface area contributed by atoms with E-state index < -0.39 is 21.9 Å². The molecule has 0 spiro atoms. The van der Waals surface area contributed by atoms with Crippen molar-refractivity contribution in [1.29, 1.82) is 0 Å². The third-order valence-corrected chi connectivity index (χ3v) is 5.20. The Morgan fingerprint density at radius 3 is 2.39 bits per heavy atom. The molecule has 0 radical (unpaired) electrons. The van der Waals surface area contributed by atoms with E-state index in [0.29, 0.717) is 0 Å². The smallest absolute Gasteiger partial charge is 0.244 e. The van der Waals surface area contributed by atoms with Crippen LogP contribution in [0.25, 0.3) is 0 Å². The van der Waals surface area contributed by atoms with Crippen LogP contribution in [0.1, 0.15) is 31.0 Å². The van der Waals surface area contributed by atoms with Crippen molar-refractivity contribution < 1.29 is 17.5 Å². The van der Waals surface area contributed by atoms with Crippen LogP contribution in [-0.2, 0) is 16.4 Å². The predicted octanol–water partition coefficient (Wildman–Crippen LogP) is 3.44. The van der Waals surface area contributed by atoms with Gasteiger partial charge in [0.05, 0.1) is 7.11 Å². The molecular formula is C17H20FNO3S. The SMILES string of the molecule is CCc1ccc([C@H](C)NS(=O)(=O)c2cc(F)ccc2OC)cc1. The number of nitrogens with one attached hydrogen (secondary N) is 1. The molecule has 0 aliphatic heterocycles. The highest BCUT2D eigenvalue weighted by molar-refractivity contribution is 7.89. The molecule has 4 nitrogen and oxygen atoms in total. The number of hydrogen-bond acceptors (Lipinski definition) is 3. The second kappa shape index (κ2) is 7.10. The first kappa shape index (κ1) is 17.4. The molecule has 23 heavy (non-hydrogen) atoms. The lowest BCUT2D eigenvalue weighted by Crippen LogP contribution is -2.27. The minimum Gasteiger partial charge on any atom is -0.495 e. The second-order valence-corrected chi connectivity index (χ2v) is 6.92. The number of methoxy groups -OCH3 is 1. The van der Waals surface area contributed by atoms with E-state index in [-0.39, 0.29) is 10.6 Å². The summed E-state index contributed by atoms with van der Waals surface area (Å²) in [6.07, 6.45) is 0.918. The summed E-state index contributed by atoms with van der Waals surface area (Å²) in [4.78, 5) is -0.211. The molecule has 0 unspecified atom stereocenters. The third-order valence-electron chi connectivity index (χ3n) is 3.64. The van der Waals surface area contributed by atoms with Crippen LogP contribution in [-0.4, -0.2) is 15.5 Å². The first-order valence-corrected chi connectivity index (χ1v) is 8.80. The summed E-state index contributed by atoms with van der Waals surface area (Å²) >= 11 is 0. The highest BCUT2D eigenvalue weighted by Crippen LogP contribution is 2.26. The molecular weight excluding hydrogens is 317 g/mol. The lowest BCUT2D eigenvalue weighted by Gasteiger charge is -2.16. The number of hydrogen-bond donors (Lipinski definition) is 1. The van der Waals surface area contributed by atoms with E-state index in [0.717, 1.165) is 24.1 Å². The van der Waals surface area contributed by atoms with Crippen molar-refractivity contribution >= 4 is 10.0 Å². The zero-order valence-electron chi connectivity index (χ0n) is 13.3. The summed E-state index contributed by atoms with van der Waals surface area (Å²) in [5, 5.41) is 0. The van der Waals surface area contributed by atoms with E-state index >= 15 is 0 Å². The lowest BCUT2D eigenvalue weighted by atomic mass is 10.1. The molecule has 1 N–H and O–H groups in total. The summed E-state index contributed by atoms with van der Waals surface area (Å²) in [7, 11) is -2.56. The standard InChI is InChI=1S/C17H20FNO3S/c1-4-13-5-7-14(8-6-13)12(2)19-23(20,21)17-11-15(18)9-10-16(17)22-3/h5-12,19H,4H2,1-3H3/t12-/m0/s1. The summed E-state index contributed by atoms with van der Waals surface area (Å²) in [5.41, 5.74) is 2.01. The summed E-state index contributed by atoms with van der Waals surface area (Å²) < 4.78 is 46.0. The molecule has 0 amide bonds. The minimum absolute atomic E-state index is 0.104. The van der Waals surface area contributed by atoms with Crippen molar-refractivity contribution in [3.05, 3.63) is 59.4 Å². The number of sulfonamides is 1. The number of aryl methyl sites for hydroxylation is 1. The molecule has 2 aromatic rings. The predicted molar refractivity (Wildman–Crippen MR) is 87.5 cm³/mol. The lowest BCUT2D eigenvalue weighted by molar-refractivity contribution is 0.400. The Kier molecular flexibility index (Phi) is 5.38. The quantitative estimate of drug-likeness (QED) is 0.878. The van der Waals surface area contributed by atoms with Crippen LogP contribution >= 0.6 is 0 Å². The molecule has 1 atom stereocenters. The number of rotatable bonds is 6. The van der Waals surface area contributed by atoms with E-state index in [1.54, 1.807) is 6.92 Å². The van der Waals surface area contributed by atoms with Gasteiger partial charge in [0, 0.05) is 6.04 Å². The van der Waals surface area contributed by atoms with Crippen molar-refractivity contribution in [1.82, 2.24) is 4.72 Å². The largest absolute Gasteiger partial charge is 0.495 e. The van der Waals surface area contributed by atoms with Crippen LogP contribution in [0.3, 0.4) is 0 Å². The first-order valence-electron chi connectivity index (χ1n) is 7.32. The van der Waals surface area contributed by atoms with Crippen LogP contribution in [0.5, 0.6) is 5.75 Å². The molecule has 0 aliphatic rings. The fourth-order valence-corrected chi connectivity index (χ4v) is 3.68. The zero-order chi connectivity index (χ0) is 17.0. The van der Waals surface area contributed by atoms with E-state index in [1.165, 1.54) is 18.7 Å². The minimum atomic E-state index is -3.90. The van der Waals surface area contributed by atoms with Gasteiger partial charge in [-0.3, -0.25) is 0 Å². The first-order chi connectivity index (χ1) is 10.9. The topological polar surface area (TPSA) is 55.4 Å². The molecule has 0 aromatic heterocycles. The normalized spacial score (nSPS) is 12.9. The number of halogens is 1. The highest BCUT2D eigenvalue weighted by Gasteiger charge is 2.23. The Morgan fingerprint density at radius 1 is 1.17 bits per heavy atom. The molecule has 0 bridgehead atoms. The Labute approximate surface area is 136 Å². The van der Waals surface area contributed by atoms with Crippen LogP contribution < -0.4 is 9.46 Å². The van der Waals surface area contributed by atoms with Gasteiger partial charge in [-0.15, -0.1) is 0 Å². The summed E-state index contributed by atoms with van der Waals surface area (Å²) in [6, 6.07) is 10.7. The van der Waals surface area contributed by atoms with Gasteiger partial charge in [-0.1, -0.05) is 31.2 Å². The van der Waals surface area contributed by atoms with E-state index in [9.17, 15) is 12.8 Å². The highest BCUT2D eigenvalue weighted by atomic mass is 32.2. The Balaban J connectivity index is 2.28. The van der Waals surface area contributed by atoms with Gasteiger partial charge in [-0.25, -0.2) is 17.5 Å². The van der Waals surface area contributed by atoms with Crippen molar-refractivity contribution in [2.24, 2.45) is 0 Å². The molecule has 0 saturated heterocycles. The maximum Gasteiger partial charge on any atom is 0.244 e. The van der Waals surface area contributed by atoms with E-state index in [2.05, 4.69) is 11.6 Å². The Morgan fingerprint density at radius 2 is 1.83 bits per heavy atom. The fraction of sp³-hybridized carbons (Fsp3) is 0.294. The average Bonchev–Trinajstić information content (AvgIpc) is 2.54. The average molecular weight is 337 g/mol. The van der Waals surface area contributed by atoms with Gasteiger partial charge in [0.15, 0.2) is 0 Å². The molecule has 0 aliphatic carbocycles. The van der Waals surface area contributed by atoms with Gasteiger partial charge < -0.3 is 4.74 Å². The van der Waals surface area contributed by atoms with Gasteiger partial charge in [0.2, 0.25) is 10.0 Å². The summed E-state index contributed by atoms with van der Waals surface area (Å²) in [6.45, 7) is 3.79. The maximum atomic E-state index is 13.4. The molecule has 0 heterocycles. The molecule has 0 fully saturated rings. The van der Waals surface area contributed by atoms with Crippen LogP contribution in [0, 0.1) is 5.82 Å². The fourth-order valence-electron chi connectivity index (χ4n) is 2.27. The van der Waals surface area contributed by atoms with Crippen molar-refractivity contribution in [2.75, 3.05) is 7.11 Å².